The van der Waals surface area contributed by atoms with E-state index in [1.165, 1.54) is 0 Å². The lowest BCUT2D eigenvalue weighted by Crippen LogP contribution is -2.29. The summed E-state index contributed by atoms with van der Waals surface area (Å²) >= 11 is 6.04. The molecule has 0 aliphatic heterocycles. The number of amides is 1. The third kappa shape index (κ3) is 5.62. The van der Waals surface area contributed by atoms with Crippen LogP contribution in [0.5, 0.6) is 0 Å². The van der Waals surface area contributed by atoms with Gasteiger partial charge in [-0.25, -0.2) is 0 Å². The average Bonchev–Trinajstić information content (AvgIpc) is 2.56. The van der Waals surface area contributed by atoms with Crippen LogP contribution in [0.4, 0.5) is 5.69 Å². The van der Waals surface area contributed by atoms with Crippen LogP contribution in [0.15, 0.2) is 48.5 Å². The number of carbonyl (C=O) groups excluding carboxylic acids is 1. The molecule has 2 aromatic carbocycles. The Hall–Kier alpha value is -1.92. The number of benzene rings is 2. The van der Waals surface area contributed by atoms with E-state index in [2.05, 4.69) is 10.6 Å². The zero-order chi connectivity index (χ0) is 17.4. The van der Waals surface area contributed by atoms with Crippen molar-refractivity contribution in [3.8, 4) is 0 Å². The van der Waals surface area contributed by atoms with Crippen LogP contribution in [-0.2, 0) is 11.3 Å². The Bertz CT molecular complexity index is 679. The van der Waals surface area contributed by atoms with Gasteiger partial charge in [0.15, 0.2) is 0 Å². The second-order valence-electron chi connectivity index (χ2n) is 5.37. The predicted octanol–water partition coefficient (Wildman–Crippen LogP) is 2.69. The molecule has 0 saturated heterocycles. The molecular formula is C18H21ClN2O3. The van der Waals surface area contributed by atoms with Crippen molar-refractivity contribution in [3.63, 3.8) is 0 Å². The van der Waals surface area contributed by atoms with Crippen LogP contribution in [-0.4, -0.2) is 37.4 Å². The summed E-state index contributed by atoms with van der Waals surface area (Å²) in [6.45, 7) is 1.31. The molecule has 0 spiro atoms. The molecule has 3 N–H and O–H groups in total. The molecule has 24 heavy (non-hydrogen) atoms. The Kier molecular flexibility index (Phi) is 7.21. The van der Waals surface area contributed by atoms with Crippen molar-refractivity contribution >= 4 is 23.2 Å². The normalized spacial score (nSPS) is 12.0. The minimum absolute atomic E-state index is 0.249. The third-order valence-corrected chi connectivity index (χ3v) is 3.70. The predicted molar refractivity (Wildman–Crippen MR) is 95.4 cm³/mol. The number of aliphatic hydroxyl groups is 1. The van der Waals surface area contributed by atoms with Crippen molar-refractivity contribution in [1.82, 2.24) is 5.32 Å². The Balaban J connectivity index is 1.93. The summed E-state index contributed by atoms with van der Waals surface area (Å²) in [6.07, 6.45) is -0.543. The van der Waals surface area contributed by atoms with Gasteiger partial charge in [-0.3, -0.25) is 4.79 Å². The van der Waals surface area contributed by atoms with Crippen molar-refractivity contribution in [2.75, 3.05) is 25.6 Å². The van der Waals surface area contributed by atoms with Crippen LogP contribution in [0.3, 0.4) is 0 Å². The second-order valence-corrected chi connectivity index (χ2v) is 5.78. The molecule has 0 bridgehead atoms. The number of anilines is 1. The van der Waals surface area contributed by atoms with Gasteiger partial charge in [-0.2, -0.15) is 0 Å². The Morgan fingerprint density at radius 2 is 2.04 bits per heavy atom. The number of nitrogens with one attached hydrogen (secondary N) is 2. The highest BCUT2D eigenvalue weighted by Gasteiger charge is 2.10. The highest BCUT2D eigenvalue weighted by Crippen LogP contribution is 2.18. The van der Waals surface area contributed by atoms with Crippen LogP contribution in [0.25, 0.3) is 0 Å². The first-order valence-corrected chi connectivity index (χ1v) is 8.00. The molecule has 5 nitrogen and oxygen atoms in total. The Labute approximate surface area is 146 Å². The fourth-order valence-electron chi connectivity index (χ4n) is 2.24. The van der Waals surface area contributed by atoms with E-state index in [-0.39, 0.29) is 5.91 Å². The van der Waals surface area contributed by atoms with E-state index in [9.17, 15) is 9.90 Å². The minimum atomic E-state index is -0.543. The quantitative estimate of drug-likeness (QED) is 0.686. The van der Waals surface area contributed by atoms with E-state index in [4.69, 9.17) is 16.3 Å². The molecule has 1 unspecified atom stereocenters. The van der Waals surface area contributed by atoms with E-state index < -0.39 is 6.10 Å². The molecular weight excluding hydrogens is 328 g/mol. The monoisotopic (exact) mass is 348 g/mol. The molecule has 6 heteroatoms. The smallest absolute Gasteiger partial charge is 0.257 e. The molecule has 1 amide bonds. The zero-order valence-corrected chi connectivity index (χ0v) is 14.2. The maximum absolute atomic E-state index is 12.3. The first kappa shape index (κ1) is 18.4. The van der Waals surface area contributed by atoms with E-state index in [1.54, 1.807) is 31.4 Å². The fraction of sp³-hybridized carbons (Fsp3) is 0.278. The van der Waals surface area contributed by atoms with Gasteiger partial charge in [0.1, 0.15) is 0 Å². The van der Waals surface area contributed by atoms with Crippen LogP contribution >= 0.6 is 11.6 Å². The molecule has 0 radical (unpaired) electrons. The largest absolute Gasteiger partial charge is 0.389 e. The molecule has 0 saturated carbocycles. The van der Waals surface area contributed by atoms with Crippen molar-refractivity contribution in [1.29, 1.82) is 0 Å². The van der Waals surface area contributed by atoms with Crippen molar-refractivity contribution in [3.05, 3.63) is 64.7 Å². The van der Waals surface area contributed by atoms with Gasteiger partial charge in [0, 0.05) is 25.9 Å². The number of aliphatic hydroxyl groups excluding tert-OH is 1. The Morgan fingerprint density at radius 1 is 1.25 bits per heavy atom. The summed E-state index contributed by atoms with van der Waals surface area (Å²) in [4.78, 5) is 12.3. The topological polar surface area (TPSA) is 70.6 Å². The molecule has 128 valence electrons. The average molecular weight is 349 g/mol. The van der Waals surface area contributed by atoms with E-state index in [0.717, 1.165) is 5.56 Å². The zero-order valence-electron chi connectivity index (χ0n) is 13.5. The number of carbonyl (C=O) groups is 1. The highest BCUT2D eigenvalue weighted by molar-refractivity contribution is 6.34. The van der Waals surface area contributed by atoms with E-state index in [1.807, 2.05) is 24.3 Å². The first-order valence-electron chi connectivity index (χ1n) is 7.62. The van der Waals surface area contributed by atoms with E-state index >= 15 is 0 Å². The number of hydrogen-bond donors (Lipinski definition) is 3. The van der Waals surface area contributed by atoms with Crippen LogP contribution in [0.1, 0.15) is 15.9 Å². The van der Waals surface area contributed by atoms with Gasteiger partial charge in [-0.1, -0.05) is 35.9 Å². The maximum Gasteiger partial charge on any atom is 0.257 e. The number of ether oxygens (including phenoxy) is 1. The van der Waals surface area contributed by atoms with E-state index in [0.29, 0.717) is 36.0 Å². The number of hydrogen-bond acceptors (Lipinski definition) is 4. The Morgan fingerprint density at radius 3 is 2.79 bits per heavy atom. The van der Waals surface area contributed by atoms with Gasteiger partial charge in [0.25, 0.3) is 5.91 Å². The molecule has 0 heterocycles. The lowest BCUT2D eigenvalue weighted by atomic mass is 10.1. The molecule has 2 rings (SSSR count). The summed E-state index contributed by atoms with van der Waals surface area (Å²) in [7, 11) is 1.55. The van der Waals surface area contributed by atoms with Gasteiger partial charge >= 0.3 is 0 Å². The summed E-state index contributed by atoms with van der Waals surface area (Å²) in [5.41, 5.74) is 2.12. The van der Waals surface area contributed by atoms with Crippen molar-refractivity contribution < 1.29 is 14.6 Å². The molecule has 1 atom stereocenters. The summed E-state index contributed by atoms with van der Waals surface area (Å²) in [5, 5.41) is 16.0. The fourth-order valence-corrected chi connectivity index (χ4v) is 2.46. The van der Waals surface area contributed by atoms with Gasteiger partial charge in [0.05, 0.1) is 23.3 Å². The summed E-state index contributed by atoms with van der Waals surface area (Å²) < 4.78 is 4.87. The SMILES string of the molecule is COCC(O)CNCc1cccc(NC(=O)c2ccccc2Cl)c1. The highest BCUT2D eigenvalue weighted by atomic mass is 35.5. The molecule has 0 aliphatic carbocycles. The van der Waals surface area contributed by atoms with Gasteiger partial charge in [0.2, 0.25) is 0 Å². The number of methoxy groups -OCH3 is 1. The summed E-state index contributed by atoms with van der Waals surface area (Å²) in [6, 6.07) is 14.4. The van der Waals surface area contributed by atoms with Gasteiger partial charge < -0.3 is 20.5 Å². The first-order chi connectivity index (χ1) is 11.6. The van der Waals surface area contributed by atoms with Crippen LogP contribution < -0.4 is 10.6 Å². The standard InChI is InChI=1S/C18H21ClN2O3/c1-24-12-15(22)11-20-10-13-5-4-6-14(9-13)21-18(23)16-7-2-3-8-17(16)19/h2-9,15,20,22H,10-12H2,1H3,(H,21,23). The lowest BCUT2D eigenvalue weighted by Gasteiger charge is -2.12. The van der Waals surface area contributed by atoms with Crippen molar-refractivity contribution in [2.24, 2.45) is 0 Å². The maximum atomic E-state index is 12.3. The molecule has 0 aliphatic rings. The third-order valence-electron chi connectivity index (χ3n) is 3.37. The molecule has 0 fully saturated rings. The lowest BCUT2D eigenvalue weighted by molar-refractivity contribution is 0.0644. The molecule has 2 aromatic rings. The summed E-state index contributed by atoms with van der Waals surface area (Å²) in [5.74, 6) is -0.249. The van der Waals surface area contributed by atoms with Crippen LogP contribution in [0.2, 0.25) is 5.02 Å². The van der Waals surface area contributed by atoms with Gasteiger partial charge in [-0.05, 0) is 29.8 Å². The second kappa shape index (κ2) is 9.39. The van der Waals surface area contributed by atoms with Gasteiger partial charge in [-0.15, -0.1) is 0 Å². The minimum Gasteiger partial charge on any atom is -0.389 e. The van der Waals surface area contributed by atoms with Crippen molar-refractivity contribution in [2.45, 2.75) is 12.6 Å². The molecule has 0 aromatic heterocycles. The number of rotatable bonds is 8. The number of halogens is 1. The van der Waals surface area contributed by atoms with Crippen LogP contribution in [0, 0.1) is 0 Å².